The standard InChI is InChI=1S/C28H31F2N5O3S/c29-21-3-4-26(24(30)14-21)38-17-19-2-1-11-35(16-19)39(36,37)18-34-12-7-20(8-13-34)22-5-9-31-25-15-33-28-23(27(22)25)6-10-32-28/h3-6,9-10,14-15,19-20H,1-2,7-8,11-13,16-18H2,(H,32,33). The minimum Gasteiger partial charge on any atom is -0.490 e. The van der Waals surface area contributed by atoms with Crippen molar-refractivity contribution < 1.29 is 21.9 Å². The van der Waals surface area contributed by atoms with Gasteiger partial charge in [0.1, 0.15) is 17.3 Å². The molecule has 2 saturated heterocycles. The van der Waals surface area contributed by atoms with Crippen molar-refractivity contribution in [2.24, 2.45) is 5.92 Å². The number of ether oxygens (including phenoxy) is 1. The van der Waals surface area contributed by atoms with Gasteiger partial charge in [-0.15, -0.1) is 0 Å². The largest absolute Gasteiger partial charge is 0.490 e. The lowest BCUT2D eigenvalue weighted by atomic mass is 9.87. The zero-order valence-corrected chi connectivity index (χ0v) is 22.3. The van der Waals surface area contributed by atoms with Crippen LogP contribution in [0.5, 0.6) is 5.75 Å². The van der Waals surface area contributed by atoms with E-state index in [9.17, 15) is 17.2 Å². The third-order valence-corrected chi connectivity index (χ3v) is 9.75. The second kappa shape index (κ2) is 10.8. The number of nitrogens with one attached hydrogen (secondary N) is 1. The van der Waals surface area contributed by atoms with Crippen LogP contribution in [-0.4, -0.2) is 71.2 Å². The van der Waals surface area contributed by atoms with Crippen molar-refractivity contribution in [3.8, 4) is 5.75 Å². The Balaban J connectivity index is 1.07. The van der Waals surface area contributed by atoms with Gasteiger partial charge in [0.2, 0.25) is 10.0 Å². The average Bonchev–Trinajstić information content (AvgIpc) is 3.42. The van der Waals surface area contributed by atoms with Crippen LogP contribution in [0.3, 0.4) is 0 Å². The summed E-state index contributed by atoms with van der Waals surface area (Å²) in [6.07, 6.45) is 8.76. The SMILES string of the molecule is O=S(=O)(CN1CCC(c2ccnc3cnc4[nH]ccc4c23)CC1)N1CCCC(COc2ccc(F)cc2F)C1. The predicted molar refractivity (Wildman–Crippen MR) is 145 cm³/mol. The van der Waals surface area contributed by atoms with Crippen molar-refractivity contribution in [1.29, 1.82) is 0 Å². The van der Waals surface area contributed by atoms with E-state index in [2.05, 4.69) is 21.0 Å². The van der Waals surface area contributed by atoms with Gasteiger partial charge in [-0.25, -0.2) is 26.5 Å². The summed E-state index contributed by atoms with van der Waals surface area (Å²) in [4.78, 5) is 14.2. The average molecular weight is 556 g/mol. The number of aromatic amines is 1. The van der Waals surface area contributed by atoms with E-state index in [0.29, 0.717) is 32.1 Å². The Morgan fingerprint density at radius 3 is 2.72 bits per heavy atom. The topological polar surface area (TPSA) is 91.4 Å². The van der Waals surface area contributed by atoms with Gasteiger partial charge in [0.25, 0.3) is 0 Å². The smallest absolute Gasteiger partial charge is 0.227 e. The van der Waals surface area contributed by atoms with Gasteiger partial charge in [-0.1, -0.05) is 0 Å². The Kier molecular flexibility index (Phi) is 7.22. The number of pyridine rings is 2. The molecule has 6 rings (SSSR count). The van der Waals surface area contributed by atoms with E-state index >= 15 is 0 Å². The fraction of sp³-hybridized carbons (Fsp3) is 0.429. The highest BCUT2D eigenvalue weighted by Crippen LogP contribution is 2.35. The Labute approximate surface area is 226 Å². The van der Waals surface area contributed by atoms with E-state index in [-0.39, 0.29) is 24.2 Å². The Bertz CT molecular complexity index is 1590. The number of hydrogen-bond acceptors (Lipinski definition) is 6. The zero-order valence-electron chi connectivity index (χ0n) is 21.5. The molecule has 1 N–H and O–H groups in total. The number of nitrogens with zero attached hydrogens (tertiary/aromatic N) is 4. The van der Waals surface area contributed by atoms with Crippen molar-refractivity contribution in [2.45, 2.75) is 31.6 Å². The molecule has 0 amide bonds. The third-order valence-electron chi connectivity index (χ3n) is 7.94. The molecular formula is C28H31F2N5O3S. The number of rotatable bonds is 7. The molecule has 8 nitrogen and oxygen atoms in total. The monoisotopic (exact) mass is 555 g/mol. The summed E-state index contributed by atoms with van der Waals surface area (Å²) in [6.45, 7) is 2.39. The van der Waals surface area contributed by atoms with Crippen LogP contribution in [-0.2, 0) is 10.0 Å². The molecule has 2 aliphatic heterocycles. The van der Waals surface area contributed by atoms with Crippen molar-refractivity contribution in [3.05, 3.63) is 66.1 Å². The Hall–Kier alpha value is -3.15. The third kappa shape index (κ3) is 5.48. The van der Waals surface area contributed by atoms with Gasteiger partial charge in [-0.2, -0.15) is 0 Å². The fourth-order valence-electron chi connectivity index (χ4n) is 5.92. The number of sulfonamides is 1. The van der Waals surface area contributed by atoms with Crippen LogP contribution in [0.1, 0.15) is 37.2 Å². The number of benzene rings is 1. The van der Waals surface area contributed by atoms with Gasteiger partial charge in [0.05, 0.1) is 18.3 Å². The van der Waals surface area contributed by atoms with Crippen molar-refractivity contribution >= 4 is 32.0 Å². The van der Waals surface area contributed by atoms with Gasteiger partial charge in [-0.05, 0) is 74.5 Å². The number of piperidine rings is 2. The summed E-state index contributed by atoms with van der Waals surface area (Å²) >= 11 is 0. The number of likely N-dealkylation sites (tertiary alicyclic amines) is 1. The van der Waals surface area contributed by atoms with Crippen LogP contribution in [0.15, 0.2) is 48.9 Å². The van der Waals surface area contributed by atoms with Gasteiger partial charge < -0.3 is 9.72 Å². The molecule has 1 unspecified atom stereocenters. The molecule has 2 aliphatic rings. The van der Waals surface area contributed by atoms with E-state index in [0.717, 1.165) is 59.8 Å². The van der Waals surface area contributed by atoms with E-state index in [1.165, 1.54) is 11.6 Å². The first-order valence-corrected chi connectivity index (χ1v) is 15.0. The van der Waals surface area contributed by atoms with E-state index in [1.807, 2.05) is 23.4 Å². The number of fused-ring (bicyclic) bond motifs is 3. The van der Waals surface area contributed by atoms with E-state index in [4.69, 9.17) is 4.74 Å². The molecular weight excluding hydrogens is 524 g/mol. The van der Waals surface area contributed by atoms with Crippen LogP contribution < -0.4 is 4.74 Å². The highest BCUT2D eigenvalue weighted by atomic mass is 32.2. The maximum Gasteiger partial charge on any atom is 0.227 e. The summed E-state index contributed by atoms with van der Waals surface area (Å²) < 4.78 is 60.8. The second-order valence-electron chi connectivity index (χ2n) is 10.5. The molecule has 0 spiro atoms. The molecule has 3 aromatic heterocycles. The molecule has 5 heterocycles. The fourth-order valence-corrected chi connectivity index (χ4v) is 7.65. The maximum atomic E-state index is 13.9. The Morgan fingerprint density at radius 1 is 1.05 bits per heavy atom. The first-order valence-electron chi connectivity index (χ1n) is 13.4. The zero-order chi connectivity index (χ0) is 27.0. The minimum absolute atomic E-state index is 0.0110. The number of aromatic nitrogens is 3. The molecule has 1 aromatic carbocycles. The van der Waals surface area contributed by atoms with Crippen LogP contribution in [0.25, 0.3) is 21.9 Å². The summed E-state index contributed by atoms with van der Waals surface area (Å²) in [5.41, 5.74) is 2.95. The molecule has 39 heavy (non-hydrogen) atoms. The van der Waals surface area contributed by atoms with Gasteiger partial charge in [0, 0.05) is 48.2 Å². The van der Waals surface area contributed by atoms with E-state index < -0.39 is 21.7 Å². The molecule has 0 bridgehead atoms. The predicted octanol–water partition coefficient (Wildman–Crippen LogP) is 4.65. The van der Waals surface area contributed by atoms with Crippen molar-refractivity contribution in [1.82, 2.24) is 24.2 Å². The van der Waals surface area contributed by atoms with Gasteiger partial charge >= 0.3 is 0 Å². The minimum atomic E-state index is -3.49. The summed E-state index contributed by atoms with van der Waals surface area (Å²) in [7, 11) is -3.49. The van der Waals surface area contributed by atoms with Crippen LogP contribution in [0.2, 0.25) is 0 Å². The van der Waals surface area contributed by atoms with Gasteiger partial charge in [-0.3, -0.25) is 9.88 Å². The normalized spacial score (nSPS) is 20.1. The molecule has 0 saturated carbocycles. The Morgan fingerprint density at radius 2 is 1.90 bits per heavy atom. The highest BCUT2D eigenvalue weighted by molar-refractivity contribution is 7.89. The molecule has 0 radical (unpaired) electrons. The quantitative estimate of drug-likeness (QED) is 0.357. The molecule has 1 atom stereocenters. The second-order valence-corrected chi connectivity index (χ2v) is 12.5. The van der Waals surface area contributed by atoms with Crippen molar-refractivity contribution in [3.63, 3.8) is 0 Å². The van der Waals surface area contributed by atoms with Crippen molar-refractivity contribution in [2.75, 3.05) is 38.7 Å². The number of halogens is 2. The summed E-state index contributed by atoms with van der Waals surface area (Å²) in [5.74, 6) is -1.18. The lowest BCUT2D eigenvalue weighted by Crippen LogP contribution is -2.47. The van der Waals surface area contributed by atoms with Crippen LogP contribution in [0.4, 0.5) is 8.78 Å². The number of H-pyrrole nitrogens is 1. The molecule has 2 fully saturated rings. The first kappa shape index (κ1) is 26.1. The van der Waals surface area contributed by atoms with Crippen LogP contribution in [0, 0.1) is 17.6 Å². The lowest BCUT2D eigenvalue weighted by Gasteiger charge is -2.36. The first-order chi connectivity index (χ1) is 18.9. The maximum absolute atomic E-state index is 13.9. The lowest BCUT2D eigenvalue weighted by molar-refractivity contribution is 0.172. The highest BCUT2D eigenvalue weighted by Gasteiger charge is 2.32. The number of hydrogen-bond donors (Lipinski definition) is 1. The molecule has 11 heteroatoms. The molecule has 206 valence electrons. The summed E-state index contributed by atoms with van der Waals surface area (Å²) in [6, 6.07) is 7.31. The van der Waals surface area contributed by atoms with E-state index in [1.54, 1.807) is 10.5 Å². The molecule has 4 aromatic rings. The van der Waals surface area contributed by atoms with Crippen LogP contribution >= 0.6 is 0 Å². The summed E-state index contributed by atoms with van der Waals surface area (Å²) in [5, 5.41) is 2.18. The van der Waals surface area contributed by atoms with Gasteiger partial charge in [0.15, 0.2) is 11.6 Å². The molecule has 0 aliphatic carbocycles.